The molecule has 0 aliphatic heterocycles. The number of hydrogen-bond donors (Lipinski definition) is 0. The first-order valence-electron chi connectivity index (χ1n) is 3.45. The smallest absolute Gasteiger partial charge is 0.418 e. The van der Waals surface area contributed by atoms with Gasteiger partial charge in [0.2, 0.25) is 0 Å². The molecule has 63 valence electrons. The molecule has 4 heteroatoms. The lowest BCUT2D eigenvalue weighted by Gasteiger charge is -2.09. The fraction of sp³-hybridized carbons (Fsp3) is 0.714. The van der Waals surface area contributed by atoms with Crippen LogP contribution in [-0.4, -0.2) is 25.2 Å². The Morgan fingerprint density at radius 2 is 2.18 bits per heavy atom. The van der Waals surface area contributed by atoms with Gasteiger partial charge in [-0.2, -0.15) is 0 Å². The van der Waals surface area contributed by atoms with Crippen molar-refractivity contribution in [2.45, 2.75) is 26.4 Å². The summed E-state index contributed by atoms with van der Waals surface area (Å²) in [6.45, 7) is 4.91. The van der Waals surface area contributed by atoms with Crippen LogP contribution in [-0.2, 0) is 19.1 Å². The maximum atomic E-state index is 10.8. The molecule has 0 aromatic heterocycles. The van der Waals surface area contributed by atoms with Crippen LogP contribution >= 0.6 is 0 Å². The summed E-state index contributed by atoms with van der Waals surface area (Å²) in [6.07, 6.45) is -0.388. The standard InChI is InChI=1S/C7H11O4/c1-3-6(11-5-8)7(9)10-4-2/h6H,3-4H2,1-2H3. The predicted molar refractivity (Wildman–Crippen MR) is 37.5 cm³/mol. The third kappa shape index (κ3) is 3.60. The summed E-state index contributed by atoms with van der Waals surface area (Å²) in [5, 5.41) is 0. The highest BCUT2D eigenvalue weighted by Crippen LogP contribution is 1.98. The largest absolute Gasteiger partial charge is 0.463 e. The van der Waals surface area contributed by atoms with Crippen LogP contribution in [0.4, 0.5) is 0 Å². The molecule has 0 saturated carbocycles. The highest BCUT2D eigenvalue weighted by molar-refractivity contribution is 5.75. The van der Waals surface area contributed by atoms with Gasteiger partial charge in [-0.15, -0.1) is 0 Å². The third-order valence-electron chi connectivity index (χ3n) is 1.11. The Bertz CT molecular complexity index is 132. The fourth-order valence-electron chi connectivity index (χ4n) is 0.591. The van der Waals surface area contributed by atoms with E-state index in [0.29, 0.717) is 6.42 Å². The number of esters is 1. The van der Waals surface area contributed by atoms with Gasteiger partial charge in [0.25, 0.3) is 0 Å². The van der Waals surface area contributed by atoms with Crippen LogP contribution in [0.25, 0.3) is 0 Å². The molecule has 1 unspecified atom stereocenters. The van der Waals surface area contributed by atoms with E-state index >= 15 is 0 Å². The lowest BCUT2D eigenvalue weighted by molar-refractivity contribution is -0.152. The molecule has 0 rings (SSSR count). The van der Waals surface area contributed by atoms with Crippen LogP contribution in [0.2, 0.25) is 0 Å². The summed E-state index contributed by atoms with van der Waals surface area (Å²) >= 11 is 0. The maximum absolute atomic E-state index is 10.8. The van der Waals surface area contributed by atoms with Crippen molar-refractivity contribution in [3.8, 4) is 0 Å². The topological polar surface area (TPSA) is 52.6 Å². The van der Waals surface area contributed by atoms with Gasteiger partial charge in [0.1, 0.15) is 0 Å². The molecule has 1 radical (unpaired) electrons. The van der Waals surface area contributed by atoms with E-state index in [9.17, 15) is 9.59 Å². The Labute approximate surface area is 65.5 Å². The molecule has 0 heterocycles. The second-order valence-corrected chi connectivity index (χ2v) is 1.85. The summed E-state index contributed by atoms with van der Waals surface area (Å²) in [5.74, 6) is -0.515. The Balaban J connectivity index is 3.80. The molecule has 0 N–H and O–H groups in total. The number of ether oxygens (including phenoxy) is 2. The number of hydrogen-bond acceptors (Lipinski definition) is 4. The van der Waals surface area contributed by atoms with Crippen molar-refractivity contribution in [3.63, 3.8) is 0 Å². The molecular weight excluding hydrogens is 148 g/mol. The number of carbonyl (C=O) groups excluding carboxylic acids is 2. The van der Waals surface area contributed by atoms with Gasteiger partial charge in [-0.25, -0.2) is 9.59 Å². The Kier molecular flexibility index (Phi) is 5.15. The Morgan fingerprint density at radius 1 is 1.55 bits per heavy atom. The molecule has 0 amide bonds. The van der Waals surface area contributed by atoms with E-state index < -0.39 is 12.1 Å². The van der Waals surface area contributed by atoms with Crippen LogP contribution in [0.1, 0.15) is 20.3 Å². The zero-order valence-electron chi connectivity index (χ0n) is 6.62. The van der Waals surface area contributed by atoms with Crippen molar-refractivity contribution in [2.75, 3.05) is 6.61 Å². The van der Waals surface area contributed by atoms with Crippen molar-refractivity contribution in [2.24, 2.45) is 0 Å². The molecule has 0 saturated heterocycles. The maximum Gasteiger partial charge on any atom is 0.418 e. The van der Waals surface area contributed by atoms with Crippen LogP contribution in [0.3, 0.4) is 0 Å². The molecule has 11 heavy (non-hydrogen) atoms. The predicted octanol–water partition coefficient (Wildman–Crippen LogP) is 0.412. The van der Waals surface area contributed by atoms with E-state index in [-0.39, 0.29) is 6.61 Å². The van der Waals surface area contributed by atoms with E-state index in [1.807, 2.05) is 0 Å². The van der Waals surface area contributed by atoms with Crippen molar-refractivity contribution in [1.29, 1.82) is 0 Å². The lowest BCUT2D eigenvalue weighted by Crippen LogP contribution is -2.25. The Morgan fingerprint density at radius 3 is 2.55 bits per heavy atom. The fourth-order valence-corrected chi connectivity index (χ4v) is 0.591. The highest BCUT2D eigenvalue weighted by atomic mass is 16.6. The van der Waals surface area contributed by atoms with Crippen LogP contribution < -0.4 is 0 Å². The molecular formula is C7H11O4. The van der Waals surface area contributed by atoms with E-state index in [1.165, 1.54) is 6.47 Å². The molecule has 0 spiro atoms. The Hall–Kier alpha value is -1.06. The first kappa shape index (κ1) is 9.94. The van der Waals surface area contributed by atoms with E-state index in [1.54, 1.807) is 13.8 Å². The minimum absolute atomic E-state index is 0.289. The summed E-state index contributed by atoms with van der Waals surface area (Å²) < 4.78 is 8.93. The summed E-state index contributed by atoms with van der Waals surface area (Å²) in [7, 11) is 0. The number of carbonyl (C=O) groups is 1. The molecule has 0 bridgehead atoms. The van der Waals surface area contributed by atoms with Gasteiger partial charge in [0, 0.05) is 0 Å². The molecule has 0 aromatic rings. The van der Waals surface area contributed by atoms with E-state index in [0.717, 1.165) is 0 Å². The molecule has 0 aromatic carbocycles. The molecule has 1 atom stereocenters. The number of rotatable bonds is 5. The van der Waals surface area contributed by atoms with Gasteiger partial charge in [0.15, 0.2) is 6.10 Å². The monoisotopic (exact) mass is 159 g/mol. The van der Waals surface area contributed by atoms with Gasteiger partial charge in [-0.05, 0) is 13.3 Å². The van der Waals surface area contributed by atoms with Gasteiger partial charge in [-0.3, -0.25) is 0 Å². The van der Waals surface area contributed by atoms with Crippen molar-refractivity contribution >= 4 is 12.4 Å². The lowest BCUT2D eigenvalue weighted by atomic mass is 10.3. The van der Waals surface area contributed by atoms with Gasteiger partial charge >= 0.3 is 12.4 Å². The molecule has 0 aliphatic carbocycles. The van der Waals surface area contributed by atoms with E-state index in [2.05, 4.69) is 9.47 Å². The zero-order valence-corrected chi connectivity index (χ0v) is 6.62. The minimum Gasteiger partial charge on any atom is -0.463 e. The quantitative estimate of drug-likeness (QED) is 0.545. The van der Waals surface area contributed by atoms with Crippen LogP contribution in [0.5, 0.6) is 0 Å². The molecule has 4 nitrogen and oxygen atoms in total. The van der Waals surface area contributed by atoms with Gasteiger partial charge < -0.3 is 9.47 Å². The summed E-state index contributed by atoms with van der Waals surface area (Å²) in [6, 6.07) is 0. The second kappa shape index (κ2) is 5.70. The van der Waals surface area contributed by atoms with Crippen molar-refractivity contribution in [1.82, 2.24) is 0 Å². The second-order valence-electron chi connectivity index (χ2n) is 1.85. The van der Waals surface area contributed by atoms with Crippen molar-refractivity contribution < 1.29 is 19.1 Å². The van der Waals surface area contributed by atoms with Crippen LogP contribution in [0, 0.1) is 0 Å². The first-order chi connectivity index (χ1) is 5.26. The summed E-state index contributed by atoms with van der Waals surface area (Å²) in [4.78, 5) is 20.6. The SMILES string of the molecule is CCOC(=O)C(CC)O[C]=O. The highest BCUT2D eigenvalue weighted by Gasteiger charge is 2.18. The van der Waals surface area contributed by atoms with Gasteiger partial charge in [0.05, 0.1) is 6.61 Å². The minimum atomic E-state index is -0.799. The normalized spacial score (nSPS) is 11.8. The average Bonchev–Trinajstić information content (AvgIpc) is 2.00. The molecule has 0 aliphatic rings. The van der Waals surface area contributed by atoms with Crippen molar-refractivity contribution in [3.05, 3.63) is 0 Å². The van der Waals surface area contributed by atoms with Crippen LogP contribution in [0.15, 0.2) is 0 Å². The zero-order chi connectivity index (χ0) is 8.69. The van der Waals surface area contributed by atoms with E-state index in [4.69, 9.17) is 0 Å². The summed E-state index contributed by atoms with van der Waals surface area (Å²) in [5.41, 5.74) is 0. The first-order valence-corrected chi connectivity index (χ1v) is 3.45. The third-order valence-corrected chi connectivity index (χ3v) is 1.11. The van der Waals surface area contributed by atoms with Gasteiger partial charge in [-0.1, -0.05) is 6.92 Å². The molecule has 0 fully saturated rings. The average molecular weight is 159 g/mol.